The molecule has 0 N–H and O–H groups in total. The van der Waals surface area contributed by atoms with E-state index in [9.17, 15) is 0 Å². The van der Waals surface area contributed by atoms with Gasteiger partial charge in [0.2, 0.25) is 0 Å². The predicted octanol–water partition coefficient (Wildman–Crippen LogP) is 34.8. The second-order valence-corrected chi connectivity index (χ2v) is 32.7. The van der Waals surface area contributed by atoms with Gasteiger partial charge in [-0.1, -0.05) is 281 Å². The molecule has 22 aromatic rings. The zero-order chi connectivity index (χ0) is 96.9. The number of hydrogen-bond donors (Lipinski definition) is 0. The molecule has 0 bridgehead atoms. The molecule has 6 aromatic heterocycles. The van der Waals surface area contributed by atoms with Crippen LogP contribution in [0.15, 0.2) is 549 Å². The number of rotatable bonds is 22. The Kier molecular flexibility index (Phi) is 36.6. The van der Waals surface area contributed by atoms with Crippen LogP contribution in [0.1, 0.15) is 22.3 Å². The van der Waals surface area contributed by atoms with E-state index in [2.05, 4.69) is 381 Å². The maximum Gasteiger partial charge on any atom is 3.00 e. The van der Waals surface area contributed by atoms with Crippen molar-refractivity contribution in [2.45, 2.75) is 0 Å². The fraction of sp³-hybridized carbons (Fsp3) is 0. The summed E-state index contributed by atoms with van der Waals surface area (Å²) >= 11 is 0. The molecule has 0 saturated heterocycles. The summed E-state index contributed by atoms with van der Waals surface area (Å²) in [6.45, 7) is 15.4. The van der Waals surface area contributed by atoms with E-state index in [4.69, 9.17) is 0 Å². The minimum atomic E-state index is 0. The third-order valence-electron chi connectivity index (χ3n) is 23.3. The molecule has 0 spiro atoms. The van der Waals surface area contributed by atoms with Crippen molar-refractivity contribution in [2.24, 2.45) is 0 Å². The maximum atomic E-state index is 4.46. The molecule has 0 radical (unpaired) electrons. The molecule has 144 heavy (non-hydrogen) atoms. The largest absolute Gasteiger partial charge is 3.00 e. The van der Waals surface area contributed by atoms with Crippen LogP contribution >= 0.6 is 0 Å². The van der Waals surface area contributed by atoms with Gasteiger partial charge in [0, 0.05) is 71.3 Å². The van der Waals surface area contributed by atoms with Gasteiger partial charge in [0.05, 0.1) is 0 Å². The van der Waals surface area contributed by atoms with Crippen molar-refractivity contribution in [3.8, 4) is 134 Å². The van der Waals surface area contributed by atoms with Crippen LogP contribution in [-0.4, -0.2) is 29.9 Å². The Labute approximate surface area is 873 Å². The Balaban J connectivity index is 0.000000135. The Morgan fingerprint density at radius 3 is 0.639 bits per heavy atom. The van der Waals surface area contributed by atoms with Gasteiger partial charge in [0.1, 0.15) is 0 Å². The van der Waals surface area contributed by atoms with Gasteiger partial charge in [-0.05, 0) is 234 Å². The van der Waals surface area contributed by atoms with Gasteiger partial charge in [-0.25, -0.2) is 0 Å². The van der Waals surface area contributed by atoms with Gasteiger partial charge in [-0.2, -0.15) is 0 Å². The third-order valence-corrected chi connectivity index (χ3v) is 23.3. The van der Waals surface area contributed by atoms with Crippen LogP contribution in [0.25, 0.3) is 159 Å². The predicted molar refractivity (Wildman–Crippen MR) is 593 cm³/mol. The number of anilines is 6. The SMILES string of the molecule is C=Cc1ccc(N(c2ccccc2)c2ccc(-c3cc[c-]c(-c4ccccn4)c3)cc2)cc1.C=Cc1ccc(N(c2ccccc2)c2ccc(-c3cc[c-]c(-c4ccccn4)c3)cc2)cc1.C=Cc1cccc(-c2cc[c-]c(-c3ccccn3)c2)c1.C=Cc1cccc(-c2cccc(-c3cccc(-c4cc[c-]c(-c5ccccn5)c4)c3)c2)c1.[Ir+3].[Ir+3].[c-]1ccccc1-c1ccccn1.[c-]1ccccc1-c1ccccn1. The Bertz CT molecular complexity index is 7410. The second kappa shape index (κ2) is 52.3. The molecule has 0 aliphatic rings. The molecule has 0 atom stereocenters. The number of pyridine rings is 6. The molecule has 16 aromatic carbocycles. The molecule has 8 nitrogen and oxygen atoms in total. The molecule has 0 saturated carbocycles. The number of para-hydroxylation sites is 2. The van der Waals surface area contributed by atoms with Crippen molar-refractivity contribution in [1.29, 1.82) is 0 Å². The fourth-order valence-electron chi connectivity index (χ4n) is 16.0. The van der Waals surface area contributed by atoms with Gasteiger partial charge >= 0.3 is 40.2 Å². The first-order valence-corrected chi connectivity index (χ1v) is 46.8. The van der Waals surface area contributed by atoms with Crippen LogP contribution < -0.4 is 9.80 Å². The average molecular weight is 2200 g/mol. The van der Waals surface area contributed by atoms with Crippen molar-refractivity contribution in [3.05, 3.63) is 607 Å². The summed E-state index contributed by atoms with van der Waals surface area (Å²) in [7, 11) is 0. The first-order chi connectivity index (χ1) is 70.2. The van der Waals surface area contributed by atoms with E-state index >= 15 is 0 Å². The third kappa shape index (κ3) is 27.5. The summed E-state index contributed by atoms with van der Waals surface area (Å²) in [6, 6.07) is 184. The van der Waals surface area contributed by atoms with Gasteiger partial charge < -0.3 is 39.7 Å². The van der Waals surface area contributed by atoms with Crippen molar-refractivity contribution >= 4 is 58.4 Å². The Hall–Kier alpha value is -17.7. The van der Waals surface area contributed by atoms with Gasteiger partial charge in [-0.15, -0.1) is 213 Å². The Morgan fingerprint density at radius 2 is 0.382 bits per heavy atom. The summed E-state index contributed by atoms with van der Waals surface area (Å²) in [4.78, 5) is 30.7. The number of hydrogen-bond acceptors (Lipinski definition) is 8. The molecule has 692 valence electrons. The first kappa shape index (κ1) is 101. The average Bonchev–Trinajstić information content (AvgIpc) is 0.874. The van der Waals surface area contributed by atoms with Gasteiger partial charge in [-0.3, -0.25) is 0 Å². The zero-order valence-electron chi connectivity index (χ0n) is 79.0. The zero-order valence-corrected chi connectivity index (χ0v) is 83.8. The molecule has 0 aliphatic heterocycles. The summed E-state index contributed by atoms with van der Waals surface area (Å²) in [6.07, 6.45) is 18.3. The molecule has 0 fully saturated rings. The summed E-state index contributed by atoms with van der Waals surface area (Å²) in [5, 5.41) is 0. The first-order valence-electron chi connectivity index (χ1n) is 46.8. The minimum Gasteiger partial charge on any atom is -0.311 e. The number of aromatic nitrogens is 6. The van der Waals surface area contributed by atoms with Crippen molar-refractivity contribution in [1.82, 2.24) is 29.9 Å². The molecule has 6 heterocycles. The van der Waals surface area contributed by atoms with E-state index in [-0.39, 0.29) is 40.2 Å². The van der Waals surface area contributed by atoms with Crippen LogP contribution in [0.2, 0.25) is 0 Å². The standard InChI is InChI=1S/2C31H23N2.C31H22N.C19H14N.2C11H8N.2Ir/c2*1-2-24-14-18-29(19-15-24)33(28-11-4-3-5-12-28)30-20-16-25(17-21-30)26-9-8-10-27(23-26)31-13-6-7-22-32-31;1-2-23-9-5-10-24(19-23)25-11-6-12-26(20-25)27-13-7-14-28(21-27)29-15-8-16-30(22-29)31-17-3-4-18-32-31;1-2-15-7-5-8-16(13-15)17-9-6-10-18(14-17)19-11-3-4-12-20-19;2*1-2-6-10(7-3-1)11-8-4-5-9-12-11;;/h2*2-9,11-23H,1H2;2-15,17-22H,1H2;2-9,11-14H,1H2;2*1-6,8-9H;;/q6*-1;2*+3. The molecular weight excluding hydrogens is 2110 g/mol. The van der Waals surface area contributed by atoms with Crippen molar-refractivity contribution in [2.75, 3.05) is 9.80 Å². The second-order valence-electron chi connectivity index (χ2n) is 32.7. The molecular formula is C134H98Ir2N8. The van der Waals surface area contributed by atoms with E-state index in [1.165, 1.54) is 33.4 Å². The molecule has 0 aliphatic carbocycles. The van der Waals surface area contributed by atoms with Gasteiger partial charge in [0.25, 0.3) is 0 Å². The van der Waals surface area contributed by atoms with Crippen LogP contribution in [0, 0.1) is 36.4 Å². The minimum absolute atomic E-state index is 0. The molecule has 10 heteroatoms. The smallest absolute Gasteiger partial charge is 0.311 e. The van der Waals surface area contributed by atoms with Crippen LogP contribution in [-0.2, 0) is 40.2 Å². The maximum absolute atomic E-state index is 4.46. The summed E-state index contributed by atoms with van der Waals surface area (Å²) in [5.74, 6) is 0. The fourth-order valence-corrected chi connectivity index (χ4v) is 16.0. The van der Waals surface area contributed by atoms with E-state index in [1.54, 1.807) is 18.6 Å². The van der Waals surface area contributed by atoms with Crippen molar-refractivity contribution in [3.63, 3.8) is 0 Å². The normalized spacial score (nSPS) is 10.2. The van der Waals surface area contributed by atoms with Gasteiger partial charge in [0.15, 0.2) is 0 Å². The van der Waals surface area contributed by atoms with E-state index in [0.717, 1.165) is 157 Å². The molecule has 0 amide bonds. The van der Waals surface area contributed by atoms with E-state index in [0.29, 0.717) is 0 Å². The van der Waals surface area contributed by atoms with Crippen molar-refractivity contribution < 1.29 is 40.2 Å². The monoisotopic (exact) mass is 2200 g/mol. The van der Waals surface area contributed by atoms with Crippen LogP contribution in [0.3, 0.4) is 0 Å². The molecule has 22 rings (SSSR count). The topological polar surface area (TPSA) is 83.8 Å². The van der Waals surface area contributed by atoms with Crippen LogP contribution in [0.4, 0.5) is 34.1 Å². The summed E-state index contributed by atoms with van der Waals surface area (Å²) < 4.78 is 0. The number of nitrogens with zero attached hydrogens (tertiary/aromatic N) is 8. The van der Waals surface area contributed by atoms with E-state index < -0.39 is 0 Å². The quantitative estimate of drug-likeness (QED) is 0.0621. The number of benzene rings is 16. The van der Waals surface area contributed by atoms with E-state index in [1.807, 2.05) is 249 Å². The molecule has 0 unspecified atom stereocenters. The Morgan fingerprint density at radius 1 is 0.160 bits per heavy atom. The van der Waals surface area contributed by atoms with Crippen LogP contribution in [0.5, 0.6) is 0 Å². The summed E-state index contributed by atoms with van der Waals surface area (Å²) in [5.41, 5.74) is 36.8.